The van der Waals surface area contributed by atoms with E-state index in [1.807, 2.05) is 23.0 Å². The Bertz CT molecular complexity index is 522. The number of hydrogen-bond acceptors (Lipinski definition) is 4. The Hall–Kier alpha value is -1.88. The van der Waals surface area contributed by atoms with Gasteiger partial charge in [0.25, 0.3) is 0 Å². The second-order valence-electron chi connectivity index (χ2n) is 5.08. The fourth-order valence-corrected chi connectivity index (χ4v) is 2.65. The first-order valence-corrected chi connectivity index (χ1v) is 6.72. The number of imidazole rings is 1. The summed E-state index contributed by atoms with van der Waals surface area (Å²) in [5.41, 5.74) is 6.83. The highest BCUT2D eigenvalue weighted by Crippen LogP contribution is 2.25. The third kappa shape index (κ3) is 2.93. The molecule has 0 saturated carbocycles. The van der Waals surface area contributed by atoms with Crippen molar-refractivity contribution >= 4 is 5.82 Å². The van der Waals surface area contributed by atoms with Crippen molar-refractivity contribution in [1.29, 1.82) is 0 Å². The maximum absolute atomic E-state index is 5.61. The van der Waals surface area contributed by atoms with Gasteiger partial charge in [-0.15, -0.1) is 0 Å². The third-order valence-electron chi connectivity index (χ3n) is 3.71. The van der Waals surface area contributed by atoms with Crippen LogP contribution < -0.4 is 5.73 Å². The molecule has 2 N–H and O–H groups in total. The third-order valence-corrected chi connectivity index (χ3v) is 3.71. The quantitative estimate of drug-likeness (QED) is 0.898. The standard InChI is InChI=1S/C14H19N5/c15-14-10-19(11-17-14)8-7-18-6-4-12(9-18)13-3-1-2-5-16-13/h1-3,5,10-12H,4,6-9,15H2. The Morgan fingerprint density at radius 1 is 1.26 bits per heavy atom. The molecular weight excluding hydrogens is 238 g/mol. The van der Waals surface area contributed by atoms with Gasteiger partial charge in [0.15, 0.2) is 0 Å². The largest absolute Gasteiger partial charge is 0.382 e. The summed E-state index contributed by atoms with van der Waals surface area (Å²) in [4.78, 5) is 11.0. The highest BCUT2D eigenvalue weighted by atomic mass is 15.2. The molecular formula is C14H19N5. The fraction of sp³-hybridized carbons (Fsp3) is 0.429. The van der Waals surface area contributed by atoms with Gasteiger partial charge in [-0.05, 0) is 25.1 Å². The van der Waals surface area contributed by atoms with E-state index >= 15 is 0 Å². The van der Waals surface area contributed by atoms with Crippen LogP contribution in [-0.4, -0.2) is 39.1 Å². The zero-order valence-corrected chi connectivity index (χ0v) is 10.9. The highest BCUT2D eigenvalue weighted by molar-refractivity contribution is 5.22. The summed E-state index contributed by atoms with van der Waals surface area (Å²) in [6.45, 7) is 4.23. The number of nitrogens with two attached hydrogens (primary N) is 1. The van der Waals surface area contributed by atoms with Crippen molar-refractivity contribution in [2.24, 2.45) is 0 Å². The molecule has 0 amide bonds. The molecule has 0 bridgehead atoms. The molecule has 1 aliphatic rings. The van der Waals surface area contributed by atoms with E-state index in [9.17, 15) is 0 Å². The van der Waals surface area contributed by atoms with E-state index in [-0.39, 0.29) is 0 Å². The van der Waals surface area contributed by atoms with Gasteiger partial charge in [-0.25, -0.2) is 4.98 Å². The summed E-state index contributed by atoms with van der Waals surface area (Å²) < 4.78 is 2.05. The van der Waals surface area contributed by atoms with Gasteiger partial charge in [-0.3, -0.25) is 4.98 Å². The molecule has 5 nitrogen and oxygen atoms in total. The van der Waals surface area contributed by atoms with Crippen LogP contribution in [0.2, 0.25) is 0 Å². The van der Waals surface area contributed by atoms with Crippen LogP contribution in [0.25, 0.3) is 0 Å². The molecule has 1 unspecified atom stereocenters. The van der Waals surface area contributed by atoms with Crippen LogP contribution in [0.4, 0.5) is 5.82 Å². The van der Waals surface area contributed by atoms with Gasteiger partial charge >= 0.3 is 0 Å². The molecule has 3 rings (SSSR count). The molecule has 1 fully saturated rings. The van der Waals surface area contributed by atoms with E-state index in [0.29, 0.717) is 11.7 Å². The lowest BCUT2D eigenvalue weighted by Gasteiger charge is -2.15. The number of nitrogens with zero attached hydrogens (tertiary/aromatic N) is 4. The molecule has 2 aromatic heterocycles. The molecule has 5 heteroatoms. The van der Waals surface area contributed by atoms with E-state index < -0.39 is 0 Å². The summed E-state index contributed by atoms with van der Waals surface area (Å²) >= 11 is 0. The van der Waals surface area contributed by atoms with Crippen LogP contribution in [0, 0.1) is 0 Å². The van der Waals surface area contributed by atoms with Gasteiger partial charge in [-0.2, -0.15) is 0 Å². The minimum absolute atomic E-state index is 0.578. The fourth-order valence-electron chi connectivity index (χ4n) is 2.65. The number of anilines is 1. The number of hydrogen-bond donors (Lipinski definition) is 1. The van der Waals surface area contributed by atoms with Crippen LogP contribution >= 0.6 is 0 Å². The zero-order valence-electron chi connectivity index (χ0n) is 10.9. The smallest absolute Gasteiger partial charge is 0.141 e. The van der Waals surface area contributed by atoms with Gasteiger partial charge < -0.3 is 15.2 Å². The number of pyridine rings is 1. The second kappa shape index (κ2) is 5.40. The molecule has 0 spiro atoms. The van der Waals surface area contributed by atoms with Gasteiger partial charge in [-0.1, -0.05) is 6.07 Å². The predicted octanol–water partition coefficient (Wildman–Crippen LogP) is 1.35. The van der Waals surface area contributed by atoms with Crippen molar-refractivity contribution in [1.82, 2.24) is 19.4 Å². The molecule has 0 aromatic carbocycles. The van der Waals surface area contributed by atoms with Crippen LogP contribution in [0.5, 0.6) is 0 Å². The lowest BCUT2D eigenvalue weighted by Crippen LogP contribution is -2.24. The predicted molar refractivity (Wildman–Crippen MR) is 74.7 cm³/mol. The van der Waals surface area contributed by atoms with Crippen molar-refractivity contribution in [3.05, 3.63) is 42.6 Å². The maximum Gasteiger partial charge on any atom is 0.141 e. The lowest BCUT2D eigenvalue weighted by atomic mass is 10.0. The van der Waals surface area contributed by atoms with E-state index in [1.54, 1.807) is 6.33 Å². The summed E-state index contributed by atoms with van der Waals surface area (Å²) in [5, 5.41) is 0. The summed E-state index contributed by atoms with van der Waals surface area (Å²) in [6.07, 6.45) is 6.75. The van der Waals surface area contributed by atoms with Gasteiger partial charge in [0.1, 0.15) is 5.82 Å². The minimum Gasteiger partial charge on any atom is -0.382 e. The molecule has 1 saturated heterocycles. The van der Waals surface area contributed by atoms with Crippen LogP contribution in [0.15, 0.2) is 36.9 Å². The lowest BCUT2D eigenvalue weighted by molar-refractivity contribution is 0.318. The van der Waals surface area contributed by atoms with Crippen molar-refractivity contribution in [2.45, 2.75) is 18.9 Å². The molecule has 0 radical (unpaired) electrons. The molecule has 1 aliphatic heterocycles. The molecule has 100 valence electrons. The summed E-state index contributed by atoms with van der Waals surface area (Å²) in [6, 6.07) is 6.17. The van der Waals surface area contributed by atoms with Crippen LogP contribution in [0.1, 0.15) is 18.0 Å². The maximum atomic E-state index is 5.61. The molecule has 2 aromatic rings. The Morgan fingerprint density at radius 3 is 2.95 bits per heavy atom. The zero-order chi connectivity index (χ0) is 13.1. The van der Waals surface area contributed by atoms with E-state index in [2.05, 4.69) is 27.0 Å². The Balaban J connectivity index is 1.52. The van der Waals surface area contributed by atoms with Crippen molar-refractivity contribution in [2.75, 3.05) is 25.4 Å². The first-order valence-electron chi connectivity index (χ1n) is 6.72. The summed E-state index contributed by atoms with van der Waals surface area (Å²) in [5.74, 6) is 1.17. The van der Waals surface area contributed by atoms with Crippen molar-refractivity contribution in [3.8, 4) is 0 Å². The van der Waals surface area contributed by atoms with Crippen LogP contribution in [-0.2, 0) is 6.54 Å². The topological polar surface area (TPSA) is 60.0 Å². The Labute approximate surface area is 113 Å². The SMILES string of the molecule is Nc1cn(CCN2CCC(c3ccccn3)C2)cn1. The average Bonchev–Trinajstić information content (AvgIpc) is 3.06. The number of aromatic nitrogens is 3. The number of likely N-dealkylation sites (tertiary alicyclic amines) is 1. The Kier molecular flexibility index (Phi) is 3.46. The number of rotatable bonds is 4. The van der Waals surface area contributed by atoms with E-state index in [1.165, 1.54) is 12.1 Å². The van der Waals surface area contributed by atoms with E-state index in [0.717, 1.165) is 26.2 Å². The van der Waals surface area contributed by atoms with Gasteiger partial charge in [0.2, 0.25) is 0 Å². The normalized spacial score (nSPS) is 19.9. The highest BCUT2D eigenvalue weighted by Gasteiger charge is 2.24. The molecule has 19 heavy (non-hydrogen) atoms. The van der Waals surface area contributed by atoms with Gasteiger partial charge in [0.05, 0.1) is 6.33 Å². The first kappa shape index (κ1) is 12.2. The molecule has 1 atom stereocenters. The molecule has 3 heterocycles. The average molecular weight is 257 g/mol. The van der Waals surface area contributed by atoms with Crippen LogP contribution in [0.3, 0.4) is 0 Å². The first-order chi connectivity index (χ1) is 9.31. The van der Waals surface area contributed by atoms with Crippen molar-refractivity contribution < 1.29 is 0 Å². The van der Waals surface area contributed by atoms with Crippen molar-refractivity contribution in [3.63, 3.8) is 0 Å². The summed E-state index contributed by atoms with van der Waals surface area (Å²) in [7, 11) is 0. The number of nitrogen functional groups attached to an aromatic ring is 1. The Morgan fingerprint density at radius 2 is 2.21 bits per heavy atom. The van der Waals surface area contributed by atoms with E-state index in [4.69, 9.17) is 5.73 Å². The minimum atomic E-state index is 0.578. The molecule has 0 aliphatic carbocycles. The van der Waals surface area contributed by atoms with Gasteiger partial charge in [0, 0.05) is 43.6 Å². The monoisotopic (exact) mass is 257 g/mol. The second-order valence-corrected chi connectivity index (χ2v) is 5.08.